The van der Waals surface area contributed by atoms with E-state index in [1.165, 1.54) is 13.8 Å². The average molecular weight is 1080 g/mol. The topological polar surface area (TPSA) is 209 Å². The molecule has 74 heavy (non-hydrogen) atoms. The maximum Gasteiger partial charge on any atom is 0.408 e. The van der Waals surface area contributed by atoms with Crippen LogP contribution in [-0.2, 0) is 61.2 Å². The summed E-state index contributed by atoms with van der Waals surface area (Å²) in [6, 6.07) is 1.02. The Kier molecular flexibility index (Phi) is 19.8. The molecule has 1 aliphatic heterocycles. The molecule has 3 fully saturated rings. The number of hydrogen-bond acceptors (Lipinski definition) is 15. The second-order valence-corrected chi connectivity index (χ2v) is 35.2. The maximum atomic E-state index is 16.5. The van der Waals surface area contributed by atoms with Crippen LogP contribution in [0.2, 0.25) is 34.8 Å². The minimum absolute atomic E-state index is 0.0172. The SMILES string of the molecule is CC[Si](CC)(CC)O[C@H]1C[C@H]2OC[C@@]2(OC(C)=O)C2[C@H](OC(=O)CC(C)C)[C@]3(O)C[C@H](OC(=O)[C@H](O[Si](C(C)C)(C(C)C)C(C)C)[C@H](C=C(C)C)NC(=O)OC(C)(C)C)C(C)=C([C@@H](OC(C)=O)C(=O)[C@@]21C)C3(C)C. The minimum atomic E-state index is -3.00. The van der Waals surface area contributed by atoms with Crippen molar-refractivity contribution in [3.63, 3.8) is 0 Å². The fourth-order valence-corrected chi connectivity index (χ4v) is 21.8. The zero-order valence-electron chi connectivity index (χ0n) is 49.1. The number of Topliss-reactive ketones (excluding diaryl/α,β-unsaturated/α-hetero) is 1. The predicted molar refractivity (Wildman–Crippen MR) is 287 cm³/mol. The first kappa shape index (κ1) is 63.1. The Labute approximate surface area is 445 Å². The highest BCUT2D eigenvalue weighted by Gasteiger charge is 2.79. The van der Waals surface area contributed by atoms with Crippen molar-refractivity contribution in [2.24, 2.45) is 22.7 Å². The number of carbonyl (C=O) groups is 6. The average Bonchev–Trinajstić information content (AvgIpc) is 3.24. The van der Waals surface area contributed by atoms with Crippen LogP contribution in [0.5, 0.6) is 0 Å². The van der Waals surface area contributed by atoms with Crippen LogP contribution in [0, 0.1) is 22.7 Å². The van der Waals surface area contributed by atoms with Gasteiger partial charge in [0.05, 0.1) is 30.1 Å². The molecule has 0 aromatic rings. The van der Waals surface area contributed by atoms with Gasteiger partial charge in [-0.3, -0.25) is 19.2 Å². The van der Waals surface area contributed by atoms with Gasteiger partial charge < -0.3 is 47.7 Å². The number of amides is 1. The van der Waals surface area contributed by atoms with Crippen LogP contribution < -0.4 is 5.32 Å². The van der Waals surface area contributed by atoms with Gasteiger partial charge >= 0.3 is 30.0 Å². The van der Waals surface area contributed by atoms with E-state index in [9.17, 15) is 24.3 Å². The number of rotatable bonds is 20. The fraction of sp³-hybridized carbons (Fsp3) is 0.821. The number of carbonyl (C=O) groups excluding carboxylic acids is 6. The lowest BCUT2D eigenvalue weighted by molar-refractivity contribution is -0.346. The van der Waals surface area contributed by atoms with Gasteiger partial charge in [0.1, 0.15) is 29.5 Å². The highest BCUT2D eigenvalue weighted by Crippen LogP contribution is 2.65. The Hall–Kier alpha value is -3.43. The number of allylic oxidation sites excluding steroid dienone is 1. The summed E-state index contributed by atoms with van der Waals surface area (Å²) in [6.07, 6.45) is -7.41. The van der Waals surface area contributed by atoms with Crippen LogP contribution in [0.1, 0.15) is 172 Å². The van der Waals surface area contributed by atoms with E-state index in [2.05, 4.69) is 67.6 Å². The molecule has 4 aliphatic rings. The van der Waals surface area contributed by atoms with Crippen LogP contribution in [0.3, 0.4) is 0 Å². The molecular formula is C56H95NO15Si2. The number of esters is 4. The van der Waals surface area contributed by atoms with Crippen molar-refractivity contribution in [3.05, 3.63) is 22.8 Å². The van der Waals surface area contributed by atoms with E-state index in [0.29, 0.717) is 23.7 Å². The molecule has 2 bridgehead atoms. The van der Waals surface area contributed by atoms with Crippen molar-refractivity contribution in [2.75, 3.05) is 6.61 Å². The second kappa shape index (κ2) is 23.3. The summed E-state index contributed by atoms with van der Waals surface area (Å²) in [6.45, 7) is 40.3. The molecule has 3 aliphatic carbocycles. The quantitative estimate of drug-likeness (QED) is 0.0503. The molecule has 4 rings (SSSR count). The summed E-state index contributed by atoms with van der Waals surface area (Å²) in [5, 5.41) is 17.2. The Bertz CT molecular complexity index is 2120. The minimum Gasteiger partial charge on any atom is -0.459 e. The van der Waals surface area contributed by atoms with E-state index in [-0.39, 0.29) is 47.6 Å². The van der Waals surface area contributed by atoms with Gasteiger partial charge in [0, 0.05) is 38.5 Å². The zero-order valence-corrected chi connectivity index (χ0v) is 51.1. The summed E-state index contributed by atoms with van der Waals surface area (Å²) in [7, 11) is -5.62. The lowest BCUT2D eigenvalue weighted by Gasteiger charge is -2.68. The summed E-state index contributed by atoms with van der Waals surface area (Å²) in [5.74, 6) is -5.19. The van der Waals surface area contributed by atoms with Gasteiger partial charge in [-0.15, -0.1) is 0 Å². The highest BCUT2D eigenvalue weighted by molar-refractivity contribution is 6.77. The summed E-state index contributed by atoms with van der Waals surface area (Å²) >= 11 is 0. The molecule has 0 aromatic carbocycles. The Morgan fingerprint density at radius 3 is 1.84 bits per heavy atom. The van der Waals surface area contributed by atoms with Gasteiger partial charge in [-0.05, 0) is 100 Å². The molecule has 18 heteroatoms. The van der Waals surface area contributed by atoms with Gasteiger partial charge in [0.15, 0.2) is 31.9 Å². The lowest BCUT2D eigenvalue weighted by atomic mass is 9.44. The Balaban J connectivity index is 2.18. The lowest BCUT2D eigenvalue weighted by Crippen LogP contribution is -2.82. The number of fused-ring (bicyclic) bond motifs is 5. The van der Waals surface area contributed by atoms with Crippen LogP contribution in [0.15, 0.2) is 22.8 Å². The largest absolute Gasteiger partial charge is 0.459 e. The number of aliphatic hydroxyl groups is 1. The number of nitrogens with one attached hydrogen (secondary N) is 1. The van der Waals surface area contributed by atoms with Crippen molar-refractivity contribution in [3.8, 4) is 0 Å². The third-order valence-electron chi connectivity index (χ3n) is 17.1. The molecule has 0 spiro atoms. The van der Waals surface area contributed by atoms with Crippen molar-refractivity contribution < 1.29 is 71.1 Å². The van der Waals surface area contributed by atoms with E-state index >= 15 is 9.59 Å². The Morgan fingerprint density at radius 2 is 1.41 bits per heavy atom. The van der Waals surface area contributed by atoms with Crippen molar-refractivity contribution >= 4 is 52.4 Å². The first-order chi connectivity index (χ1) is 33.9. The number of hydrogen-bond donors (Lipinski definition) is 2. The van der Waals surface area contributed by atoms with Gasteiger partial charge in [-0.25, -0.2) is 9.59 Å². The molecule has 1 heterocycles. The fourth-order valence-electron chi connectivity index (χ4n) is 13.3. The van der Waals surface area contributed by atoms with Gasteiger partial charge in [-0.1, -0.05) is 102 Å². The monoisotopic (exact) mass is 1080 g/mol. The summed E-state index contributed by atoms with van der Waals surface area (Å²) in [4.78, 5) is 87.5. The molecule has 1 saturated heterocycles. The van der Waals surface area contributed by atoms with Crippen molar-refractivity contribution in [1.29, 1.82) is 0 Å². The zero-order chi connectivity index (χ0) is 56.6. The molecule has 1 unspecified atom stereocenters. The molecule has 422 valence electrons. The first-order valence-electron chi connectivity index (χ1n) is 27.3. The molecule has 11 atom stereocenters. The predicted octanol–water partition coefficient (Wildman–Crippen LogP) is 10.4. The van der Waals surface area contributed by atoms with Crippen LogP contribution in [0.4, 0.5) is 4.79 Å². The smallest absolute Gasteiger partial charge is 0.408 e. The standard InChI is InChI=1S/C56H95NO15Si2/c1-23-73(24-2,25-3)71-41-28-42-55(30-65-42,69-38(16)59)47-49(68-43(60)27-32(6)7)56(64)29-40(36(14)44(53(56,20)21)46(66-37(15)58)48(61)54(41,47)22)67-50(62)45(72-74(33(8)9,34(10)11)35(12)13)39(26-31(4)5)57-51(63)70-52(17,18)19/h26,32-35,39-42,45-47,49,64H,23-25,27-30H2,1-22H3,(H,57,63)/t39-,40-,41-,42+,45+,46+,47?,49-,54+,55-,56+/m0/s1. The second-order valence-electron chi connectivity index (χ2n) is 25.1. The van der Waals surface area contributed by atoms with Crippen LogP contribution in [-0.4, -0.2) is 124 Å². The third-order valence-corrected chi connectivity index (χ3v) is 27.8. The maximum absolute atomic E-state index is 16.5. The number of ketones is 1. The molecular weight excluding hydrogens is 983 g/mol. The van der Waals surface area contributed by atoms with E-state index in [1.54, 1.807) is 54.5 Å². The Morgan fingerprint density at radius 1 is 0.851 bits per heavy atom. The van der Waals surface area contributed by atoms with E-state index in [1.807, 2.05) is 27.7 Å². The molecule has 1 amide bonds. The van der Waals surface area contributed by atoms with Gasteiger partial charge in [0.25, 0.3) is 0 Å². The highest BCUT2D eigenvalue weighted by atomic mass is 28.4. The van der Waals surface area contributed by atoms with Gasteiger partial charge in [0.2, 0.25) is 8.32 Å². The summed E-state index contributed by atoms with van der Waals surface area (Å²) in [5.41, 5.74) is -6.98. The molecule has 0 aromatic heterocycles. The van der Waals surface area contributed by atoms with E-state index < -0.39 is 135 Å². The molecule has 2 N–H and O–H groups in total. The number of alkyl carbamates (subject to hydrolysis) is 1. The normalized spacial score (nSPS) is 29.7. The van der Waals surface area contributed by atoms with Gasteiger partial charge in [-0.2, -0.15) is 0 Å². The molecule has 2 saturated carbocycles. The van der Waals surface area contributed by atoms with Crippen LogP contribution in [0.25, 0.3) is 0 Å². The number of ether oxygens (including phenoxy) is 6. The molecule has 0 radical (unpaired) electrons. The van der Waals surface area contributed by atoms with Crippen molar-refractivity contribution in [1.82, 2.24) is 5.32 Å². The van der Waals surface area contributed by atoms with Crippen molar-refractivity contribution in [2.45, 2.75) is 266 Å². The summed E-state index contributed by atoms with van der Waals surface area (Å²) < 4.78 is 52.8. The van der Waals surface area contributed by atoms with Crippen LogP contribution >= 0.6 is 0 Å². The van der Waals surface area contributed by atoms with E-state index in [0.717, 1.165) is 5.57 Å². The van der Waals surface area contributed by atoms with E-state index in [4.69, 9.17) is 37.3 Å². The first-order valence-corrected chi connectivity index (χ1v) is 31.9. The third kappa shape index (κ3) is 12.0. The molecule has 16 nitrogen and oxygen atoms in total.